The zero-order valence-corrected chi connectivity index (χ0v) is 9.39. The van der Waals surface area contributed by atoms with Crippen LogP contribution in [0.1, 0.15) is 13.3 Å². The van der Waals surface area contributed by atoms with Crippen molar-refractivity contribution in [2.45, 2.75) is 19.4 Å². The molecular formula is C12H19NO2. The average molecular weight is 209 g/mol. The lowest BCUT2D eigenvalue weighted by Gasteiger charge is -2.19. The highest BCUT2D eigenvalue weighted by atomic mass is 16.5. The second-order valence-electron chi connectivity index (χ2n) is 3.69. The zero-order valence-electron chi connectivity index (χ0n) is 9.39. The molecule has 1 rings (SSSR count). The molecule has 0 fully saturated rings. The predicted octanol–water partition coefficient (Wildman–Crippen LogP) is 1.73. The number of benzene rings is 1. The smallest absolute Gasteiger partial charge is 0.141 e. The summed E-state index contributed by atoms with van der Waals surface area (Å²) in [5.41, 5.74) is 0. The first-order chi connectivity index (χ1) is 7.22. The van der Waals surface area contributed by atoms with E-state index in [4.69, 9.17) is 4.74 Å². The standard InChI is InChI=1S/C12H19NO2/c1-3-11(14)9-13(2)10-15-12-7-5-4-6-8-12/h4-8,11,14H,3,9-10H2,1-2H3. The normalized spacial score (nSPS) is 12.8. The van der Waals surface area contributed by atoms with Crippen molar-refractivity contribution in [3.63, 3.8) is 0 Å². The van der Waals surface area contributed by atoms with Crippen molar-refractivity contribution in [2.24, 2.45) is 0 Å². The molecule has 0 radical (unpaired) electrons. The quantitative estimate of drug-likeness (QED) is 0.724. The van der Waals surface area contributed by atoms with Gasteiger partial charge in [0.05, 0.1) is 6.10 Å². The molecule has 1 aromatic carbocycles. The third-order valence-electron chi connectivity index (χ3n) is 2.19. The lowest BCUT2D eigenvalue weighted by atomic mass is 10.3. The minimum absolute atomic E-state index is 0.269. The maximum Gasteiger partial charge on any atom is 0.141 e. The molecule has 0 aromatic heterocycles. The maximum absolute atomic E-state index is 9.43. The van der Waals surface area contributed by atoms with Crippen molar-refractivity contribution in [2.75, 3.05) is 20.3 Å². The Morgan fingerprint density at radius 2 is 2.00 bits per heavy atom. The van der Waals surface area contributed by atoms with Crippen LogP contribution >= 0.6 is 0 Å². The lowest BCUT2D eigenvalue weighted by Crippen LogP contribution is -2.31. The van der Waals surface area contributed by atoms with Gasteiger partial charge in [-0.25, -0.2) is 0 Å². The molecule has 0 saturated carbocycles. The molecule has 0 heterocycles. The molecule has 0 spiro atoms. The van der Waals surface area contributed by atoms with Gasteiger partial charge in [0.1, 0.15) is 12.5 Å². The number of aliphatic hydroxyl groups is 1. The van der Waals surface area contributed by atoms with Gasteiger partial charge in [-0.3, -0.25) is 4.90 Å². The third-order valence-corrected chi connectivity index (χ3v) is 2.19. The van der Waals surface area contributed by atoms with Crippen LogP contribution < -0.4 is 4.74 Å². The summed E-state index contributed by atoms with van der Waals surface area (Å²) in [7, 11) is 1.93. The van der Waals surface area contributed by atoms with E-state index in [1.807, 2.05) is 49.2 Å². The largest absolute Gasteiger partial charge is 0.478 e. The van der Waals surface area contributed by atoms with E-state index in [1.165, 1.54) is 0 Å². The Kier molecular flexibility index (Phi) is 5.15. The number of nitrogens with zero attached hydrogens (tertiary/aromatic N) is 1. The number of likely N-dealkylation sites (N-methyl/N-ethyl adjacent to an activating group) is 1. The van der Waals surface area contributed by atoms with Crippen molar-refractivity contribution < 1.29 is 9.84 Å². The summed E-state index contributed by atoms with van der Waals surface area (Å²) in [6.07, 6.45) is 0.504. The maximum atomic E-state index is 9.43. The molecule has 3 nitrogen and oxygen atoms in total. The number of hydrogen-bond acceptors (Lipinski definition) is 3. The summed E-state index contributed by atoms with van der Waals surface area (Å²) in [5, 5.41) is 9.43. The Balaban J connectivity index is 2.25. The van der Waals surface area contributed by atoms with E-state index < -0.39 is 0 Å². The van der Waals surface area contributed by atoms with Crippen molar-refractivity contribution in [1.82, 2.24) is 4.90 Å². The molecule has 84 valence electrons. The average Bonchev–Trinajstić information content (AvgIpc) is 2.27. The van der Waals surface area contributed by atoms with Crippen LogP contribution in [-0.2, 0) is 0 Å². The molecular weight excluding hydrogens is 190 g/mol. The van der Waals surface area contributed by atoms with Gasteiger partial charge in [-0.1, -0.05) is 25.1 Å². The highest BCUT2D eigenvalue weighted by molar-refractivity contribution is 5.20. The van der Waals surface area contributed by atoms with Gasteiger partial charge >= 0.3 is 0 Å². The summed E-state index contributed by atoms with van der Waals surface area (Å²) >= 11 is 0. The lowest BCUT2D eigenvalue weighted by molar-refractivity contribution is 0.0785. The Morgan fingerprint density at radius 3 is 2.60 bits per heavy atom. The van der Waals surface area contributed by atoms with Gasteiger partial charge in [0.25, 0.3) is 0 Å². The van der Waals surface area contributed by atoms with Crippen LogP contribution in [0.2, 0.25) is 0 Å². The molecule has 3 heteroatoms. The summed E-state index contributed by atoms with van der Waals surface area (Å²) < 4.78 is 5.53. The minimum Gasteiger partial charge on any atom is -0.478 e. The zero-order chi connectivity index (χ0) is 11.1. The molecule has 0 aliphatic heterocycles. The van der Waals surface area contributed by atoms with Gasteiger partial charge in [-0.05, 0) is 25.6 Å². The molecule has 0 aliphatic rings. The third kappa shape index (κ3) is 4.81. The Bertz CT molecular complexity index is 264. The first-order valence-electron chi connectivity index (χ1n) is 5.26. The fourth-order valence-corrected chi connectivity index (χ4v) is 1.24. The van der Waals surface area contributed by atoms with Gasteiger partial charge in [0.15, 0.2) is 0 Å². The molecule has 0 amide bonds. The van der Waals surface area contributed by atoms with E-state index >= 15 is 0 Å². The molecule has 1 N–H and O–H groups in total. The first kappa shape index (κ1) is 12.0. The van der Waals surface area contributed by atoms with Crippen LogP contribution in [-0.4, -0.2) is 36.4 Å². The number of hydrogen-bond donors (Lipinski definition) is 1. The fourth-order valence-electron chi connectivity index (χ4n) is 1.24. The first-order valence-corrected chi connectivity index (χ1v) is 5.26. The highest BCUT2D eigenvalue weighted by Crippen LogP contribution is 2.08. The van der Waals surface area contributed by atoms with Crippen molar-refractivity contribution >= 4 is 0 Å². The van der Waals surface area contributed by atoms with Gasteiger partial charge in [-0.15, -0.1) is 0 Å². The summed E-state index contributed by atoms with van der Waals surface area (Å²) in [5.74, 6) is 0.857. The van der Waals surface area contributed by atoms with Crippen LogP contribution in [0.4, 0.5) is 0 Å². The van der Waals surface area contributed by atoms with Gasteiger partial charge in [0.2, 0.25) is 0 Å². The van der Waals surface area contributed by atoms with Crippen LogP contribution in [0.25, 0.3) is 0 Å². The molecule has 0 saturated heterocycles. The second kappa shape index (κ2) is 6.43. The van der Waals surface area contributed by atoms with E-state index in [0.717, 1.165) is 12.2 Å². The Morgan fingerprint density at radius 1 is 1.33 bits per heavy atom. The molecule has 0 aliphatic carbocycles. The number of aliphatic hydroxyl groups excluding tert-OH is 1. The molecule has 1 unspecified atom stereocenters. The summed E-state index contributed by atoms with van der Waals surface area (Å²) in [6, 6.07) is 9.68. The summed E-state index contributed by atoms with van der Waals surface area (Å²) in [4.78, 5) is 1.96. The monoisotopic (exact) mass is 209 g/mol. The van der Waals surface area contributed by atoms with Gasteiger partial charge in [0, 0.05) is 6.54 Å². The second-order valence-corrected chi connectivity index (χ2v) is 3.69. The highest BCUT2D eigenvalue weighted by Gasteiger charge is 2.05. The van der Waals surface area contributed by atoms with Crippen molar-refractivity contribution in [3.8, 4) is 5.75 Å². The van der Waals surface area contributed by atoms with Crippen LogP contribution in [0, 0.1) is 0 Å². The van der Waals surface area contributed by atoms with Gasteiger partial charge < -0.3 is 9.84 Å². The molecule has 1 aromatic rings. The molecule has 1 atom stereocenters. The molecule has 0 bridgehead atoms. The van der Waals surface area contributed by atoms with E-state index in [-0.39, 0.29) is 6.10 Å². The summed E-state index contributed by atoms with van der Waals surface area (Å²) in [6.45, 7) is 3.11. The van der Waals surface area contributed by atoms with Crippen molar-refractivity contribution in [3.05, 3.63) is 30.3 Å². The SMILES string of the molecule is CCC(O)CN(C)COc1ccccc1. The molecule has 15 heavy (non-hydrogen) atoms. The number of para-hydroxylation sites is 1. The Hall–Kier alpha value is -1.06. The van der Waals surface area contributed by atoms with Crippen molar-refractivity contribution in [1.29, 1.82) is 0 Å². The van der Waals surface area contributed by atoms with E-state index in [9.17, 15) is 5.11 Å². The minimum atomic E-state index is -0.269. The van der Waals surface area contributed by atoms with Crippen LogP contribution in [0.5, 0.6) is 5.75 Å². The fraction of sp³-hybridized carbons (Fsp3) is 0.500. The topological polar surface area (TPSA) is 32.7 Å². The van der Waals surface area contributed by atoms with Crippen LogP contribution in [0.3, 0.4) is 0 Å². The predicted molar refractivity (Wildman–Crippen MR) is 60.9 cm³/mol. The number of ether oxygens (including phenoxy) is 1. The van der Waals surface area contributed by atoms with E-state index in [0.29, 0.717) is 13.3 Å². The van der Waals surface area contributed by atoms with E-state index in [1.54, 1.807) is 0 Å². The van der Waals surface area contributed by atoms with Gasteiger partial charge in [-0.2, -0.15) is 0 Å². The Labute approximate surface area is 91.3 Å². The van der Waals surface area contributed by atoms with Crippen LogP contribution in [0.15, 0.2) is 30.3 Å². The number of rotatable bonds is 6. The van der Waals surface area contributed by atoms with E-state index in [2.05, 4.69) is 0 Å².